The summed E-state index contributed by atoms with van der Waals surface area (Å²) in [5.41, 5.74) is 3.69. The monoisotopic (exact) mass is 251 g/mol. The Hall–Kier alpha value is -2.62. The molecular formula is C15H13N3O. The Kier molecular flexibility index (Phi) is 2.76. The van der Waals surface area contributed by atoms with Crippen LogP contribution in [-0.4, -0.2) is 15.9 Å². The lowest BCUT2D eigenvalue weighted by molar-refractivity contribution is -0.114. The van der Waals surface area contributed by atoms with E-state index in [-0.39, 0.29) is 5.91 Å². The Morgan fingerprint density at radius 1 is 1.16 bits per heavy atom. The SMILES string of the molecule is CC(=O)Nc1ccccc1-c1ccnc2[nH]ccc12. The topological polar surface area (TPSA) is 57.8 Å². The van der Waals surface area contributed by atoms with Gasteiger partial charge in [0.25, 0.3) is 0 Å². The molecule has 1 amide bonds. The molecule has 94 valence electrons. The molecule has 0 fully saturated rings. The second-order valence-corrected chi connectivity index (χ2v) is 4.33. The molecule has 4 nitrogen and oxygen atoms in total. The number of aromatic nitrogens is 2. The number of hydrogen-bond acceptors (Lipinski definition) is 2. The third-order valence-corrected chi connectivity index (χ3v) is 2.99. The fourth-order valence-corrected chi connectivity index (χ4v) is 2.21. The number of nitrogens with one attached hydrogen (secondary N) is 2. The number of nitrogens with zero attached hydrogens (tertiary/aromatic N) is 1. The first-order valence-corrected chi connectivity index (χ1v) is 6.05. The minimum atomic E-state index is -0.0770. The minimum Gasteiger partial charge on any atom is -0.346 e. The average Bonchev–Trinajstić information content (AvgIpc) is 2.87. The van der Waals surface area contributed by atoms with Crippen molar-refractivity contribution in [3.8, 4) is 11.1 Å². The van der Waals surface area contributed by atoms with Gasteiger partial charge in [0, 0.05) is 36.0 Å². The molecule has 2 aromatic heterocycles. The Labute approximate surface area is 110 Å². The van der Waals surface area contributed by atoms with Gasteiger partial charge in [-0.25, -0.2) is 4.98 Å². The van der Waals surface area contributed by atoms with Crippen molar-refractivity contribution in [2.24, 2.45) is 0 Å². The molecule has 4 heteroatoms. The van der Waals surface area contributed by atoms with E-state index in [9.17, 15) is 4.79 Å². The van der Waals surface area contributed by atoms with Gasteiger partial charge >= 0.3 is 0 Å². The maximum absolute atomic E-state index is 11.3. The number of carbonyl (C=O) groups is 1. The Balaban J connectivity index is 2.21. The molecule has 1 aromatic carbocycles. The summed E-state index contributed by atoms with van der Waals surface area (Å²) >= 11 is 0. The van der Waals surface area contributed by atoms with Crippen molar-refractivity contribution in [3.63, 3.8) is 0 Å². The number of benzene rings is 1. The second-order valence-electron chi connectivity index (χ2n) is 4.33. The highest BCUT2D eigenvalue weighted by Crippen LogP contribution is 2.32. The van der Waals surface area contributed by atoms with Crippen LogP contribution in [0, 0.1) is 0 Å². The van der Waals surface area contributed by atoms with Gasteiger partial charge < -0.3 is 10.3 Å². The first kappa shape index (κ1) is 11.5. The Bertz CT molecular complexity index is 746. The van der Waals surface area contributed by atoms with E-state index in [1.807, 2.05) is 42.6 Å². The van der Waals surface area contributed by atoms with Gasteiger partial charge in [0.1, 0.15) is 5.65 Å². The predicted octanol–water partition coefficient (Wildman–Crippen LogP) is 3.19. The van der Waals surface area contributed by atoms with Crippen molar-refractivity contribution >= 4 is 22.6 Å². The largest absolute Gasteiger partial charge is 0.346 e. The fourth-order valence-electron chi connectivity index (χ4n) is 2.21. The van der Waals surface area contributed by atoms with E-state index in [0.717, 1.165) is 27.8 Å². The number of amides is 1. The number of carbonyl (C=O) groups excluding carboxylic acids is 1. The lowest BCUT2D eigenvalue weighted by Gasteiger charge is -2.10. The smallest absolute Gasteiger partial charge is 0.221 e. The number of fused-ring (bicyclic) bond motifs is 1. The molecular weight excluding hydrogens is 238 g/mol. The summed E-state index contributed by atoms with van der Waals surface area (Å²) in [5, 5.41) is 3.90. The van der Waals surface area contributed by atoms with Crippen LogP contribution in [0.5, 0.6) is 0 Å². The summed E-state index contributed by atoms with van der Waals surface area (Å²) in [4.78, 5) is 18.6. The standard InChI is InChI=1S/C15H13N3O/c1-10(19)18-14-5-3-2-4-12(14)11-6-8-16-15-13(11)7-9-17-15/h2-9H,1H3,(H,16,17)(H,18,19). The molecule has 3 rings (SSSR count). The van der Waals surface area contributed by atoms with Crippen LogP contribution in [0.3, 0.4) is 0 Å². The minimum absolute atomic E-state index is 0.0770. The van der Waals surface area contributed by atoms with Crippen LogP contribution in [-0.2, 0) is 4.79 Å². The quantitative estimate of drug-likeness (QED) is 0.734. The molecule has 0 aliphatic carbocycles. The summed E-state index contributed by atoms with van der Waals surface area (Å²) in [6.07, 6.45) is 3.63. The van der Waals surface area contributed by atoms with Gasteiger partial charge in [0.05, 0.1) is 0 Å². The first-order chi connectivity index (χ1) is 9.25. The van der Waals surface area contributed by atoms with Gasteiger partial charge in [-0.2, -0.15) is 0 Å². The van der Waals surface area contributed by atoms with Gasteiger partial charge in [0.2, 0.25) is 5.91 Å². The van der Waals surface area contributed by atoms with Crippen LogP contribution in [0.2, 0.25) is 0 Å². The Morgan fingerprint density at radius 2 is 2.00 bits per heavy atom. The van der Waals surface area contributed by atoms with Gasteiger partial charge in [-0.05, 0) is 23.8 Å². The zero-order chi connectivity index (χ0) is 13.2. The molecule has 2 N–H and O–H groups in total. The maximum atomic E-state index is 11.3. The van der Waals surface area contributed by atoms with Crippen LogP contribution in [0.15, 0.2) is 48.8 Å². The van der Waals surface area contributed by atoms with Gasteiger partial charge in [-0.1, -0.05) is 18.2 Å². The number of hydrogen-bond donors (Lipinski definition) is 2. The fraction of sp³-hybridized carbons (Fsp3) is 0.0667. The third-order valence-electron chi connectivity index (χ3n) is 2.99. The van der Waals surface area contributed by atoms with E-state index < -0.39 is 0 Å². The van der Waals surface area contributed by atoms with E-state index in [0.29, 0.717) is 0 Å². The number of rotatable bonds is 2. The molecule has 0 atom stereocenters. The summed E-state index contributed by atoms with van der Waals surface area (Å²) < 4.78 is 0. The molecule has 0 spiro atoms. The highest BCUT2D eigenvalue weighted by molar-refractivity contribution is 6.00. The maximum Gasteiger partial charge on any atom is 0.221 e. The summed E-state index contributed by atoms with van der Waals surface area (Å²) in [6.45, 7) is 1.51. The zero-order valence-electron chi connectivity index (χ0n) is 10.5. The third kappa shape index (κ3) is 2.08. The molecule has 0 unspecified atom stereocenters. The number of para-hydroxylation sites is 1. The van der Waals surface area contributed by atoms with Crippen molar-refractivity contribution in [2.75, 3.05) is 5.32 Å². The Morgan fingerprint density at radius 3 is 2.84 bits per heavy atom. The van der Waals surface area contributed by atoms with Crippen LogP contribution in [0.4, 0.5) is 5.69 Å². The molecule has 0 saturated carbocycles. The zero-order valence-corrected chi connectivity index (χ0v) is 10.5. The van der Waals surface area contributed by atoms with Crippen molar-refractivity contribution in [3.05, 3.63) is 48.8 Å². The van der Waals surface area contributed by atoms with Crippen molar-refractivity contribution in [2.45, 2.75) is 6.92 Å². The highest BCUT2D eigenvalue weighted by Gasteiger charge is 2.09. The van der Waals surface area contributed by atoms with E-state index >= 15 is 0 Å². The number of H-pyrrole nitrogens is 1. The number of aromatic amines is 1. The van der Waals surface area contributed by atoms with E-state index in [1.165, 1.54) is 6.92 Å². The van der Waals surface area contributed by atoms with Crippen molar-refractivity contribution < 1.29 is 4.79 Å². The van der Waals surface area contributed by atoms with Crippen molar-refractivity contribution in [1.29, 1.82) is 0 Å². The van der Waals surface area contributed by atoms with Crippen LogP contribution < -0.4 is 5.32 Å². The van der Waals surface area contributed by atoms with Crippen LogP contribution in [0.1, 0.15) is 6.92 Å². The molecule has 0 bridgehead atoms. The van der Waals surface area contributed by atoms with Crippen LogP contribution >= 0.6 is 0 Å². The highest BCUT2D eigenvalue weighted by atomic mass is 16.1. The molecule has 19 heavy (non-hydrogen) atoms. The lowest BCUT2D eigenvalue weighted by Crippen LogP contribution is -2.06. The number of pyridine rings is 1. The van der Waals surface area contributed by atoms with Crippen LogP contribution in [0.25, 0.3) is 22.2 Å². The predicted molar refractivity (Wildman–Crippen MR) is 75.8 cm³/mol. The molecule has 0 aliphatic rings. The molecule has 2 heterocycles. The summed E-state index contributed by atoms with van der Waals surface area (Å²) in [6, 6.07) is 11.7. The van der Waals surface area contributed by atoms with E-state index in [2.05, 4.69) is 15.3 Å². The summed E-state index contributed by atoms with van der Waals surface area (Å²) in [7, 11) is 0. The van der Waals surface area contributed by atoms with E-state index in [4.69, 9.17) is 0 Å². The van der Waals surface area contributed by atoms with Gasteiger partial charge in [0.15, 0.2) is 0 Å². The molecule has 0 aliphatic heterocycles. The first-order valence-electron chi connectivity index (χ1n) is 6.05. The molecule has 3 aromatic rings. The van der Waals surface area contributed by atoms with Gasteiger partial charge in [-0.3, -0.25) is 4.79 Å². The van der Waals surface area contributed by atoms with Crippen molar-refractivity contribution in [1.82, 2.24) is 9.97 Å². The summed E-state index contributed by atoms with van der Waals surface area (Å²) in [5.74, 6) is -0.0770. The molecule has 0 saturated heterocycles. The lowest BCUT2D eigenvalue weighted by atomic mass is 10.0. The normalized spacial score (nSPS) is 10.6. The molecule has 0 radical (unpaired) electrons. The average molecular weight is 251 g/mol. The van der Waals surface area contributed by atoms with E-state index in [1.54, 1.807) is 6.20 Å². The van der Waals surface area contributed by atoms with Gasteiger partial charge in [-0.15, -0.1) is 0 Å². The number of anilines is 1. The second kappa shape index (κ2) is 4.57.